The molecular weight excluding hydrogens is 514 g/mol. The second kappa shape index (κ2) is 12.7. The Kier molecular flexibility index (Phi) is 8.88. The maximum atomic E-state index is 12.5. The van der Waals surface area contributed by atoms with Gasteiger partial charge in [0, 0.05) is 54.4 Å². The Morgan fingerprint density at radius 1 is 1.00 bits per heavy atom. The third-order valence-electron chi connectivity index (χ3n) is 7.22. The van der Waals surface area contributed by atoms with Crippen molar-refractivity contribution in [1.29, 1.82) is 0 Å². The number of rotatable bonds is 10. The minimum Gasteiger partial charge on any atom is -0.494 e. The number of aryl methyl sites for hydroxylation is 1. The van der Waals surface area contributed by atoms with Crippen molar-refractivity contribution >= 4 is 44.9 Å². The van der Waals surface area contributed by atoms with Crippen LogP contribution in [-0.2, 0) is 20.7 Å². The Bertz CT molecular complexity index is 1280. The molecule has 1 aromatic heterocycles. The molecule has 8 nitrogen and oxygen atoms in total. The third kappa shape index (κ3) is 6.83. The summed E-state index contributed by atoms with van der Waals surface area (Å²) in [7, 11) is 0. The van der Waals surface area contributed by atoms with Crippen LogP contribution in [0.25, 0.3) is 10.1 Å². The molecule has 0 radical (unpaired) electrons. The summed E-state index contributed by atoms with van der Waals surface area (Å²) in [5.74, 6) is 0.638. The van der Waals surface area contributed by atoms with Gasteiger partial charge < -0.3 is 19.1 Å². The summed E-state index contributed by atoms with van der Waals surface area (Å²) in [6, 6.07) is 14.7. The number of fused-ring (bicyclic) bond motifs is 2. The van der Waals surface area contributed by atoms with Gasteiger partial charge in [0.05, 0.1) is 18.4 Å². The highest BCUT2D eigenvalue weighted by Crippen LogP contribution is 2.32. The summed E-state index contributed by atoms with van der Waals surface area (Å²) in [6.45, 7) is 9.26. The van der Waals surface area contributed by atoms with E-state index in [1.54, 1.807) is 25.2 Å². The molecule has 0 bridgehead atoms. The first-order chi connectivity index (χ1) is 19.0. The van der Waals surface area contributed by atoms with Gasteiger partial charge in [0.2, 0.25) is 5.91 Å². The van der Waals surface area contributed by atoms with Gasteiger partial charge in [-0.25, -0.2) is 4.79 Å². The van der Waals surface area contributed by atoms with Gasteiger partial charge in [0.25, 0.3) is 0 Å². The van der Waals surface area contributed by atoms with Crippen LogP contribution >= 0.6 is 11.3 Å². The molecule has 1 saturated heterocycles. The maximum Gasteiger partial charge on any atom is 0.510 e. The SMILES string of the molecule is CC(C)OC(=O)OCN1C(=O)CCc2ccc(OCCCCN3CCN(c4cccc5sccc45)CC3)cc21. The van der Waals surface area contributed by atoms with Gasteiger partial charge in [-0.3, -0.25) is 14.6 Å². The van der Waals surface area contributed by atoms with Crippen molar-refractivity contribution in [2.24, 2.45) is 0 Å². The van der Waals surface area contributed by atoms with Crippen molar-refractivity contribution in [3.05, 3.63) is 53.4 Å². The lowest BCUT2D eigenvalue weighted by atomic mass is 10.0. The number of benzene rings is 2. The number of amides is 1. The summed E-state index contributed by atoms with van der Waals surface area (Å²) in [6.07, 6.45) is 2.02. The second-order valence-electron chi connectivity index (χ2n) is 10.3. The number of nitrogens with zero attached hydrogens (tertiary/aromatic N) is 3. The molecule has 0 unspecified atom stereocenters. The molecule has 2 aliphatic heterocycles. The van der Waals surface area contributed by atoms with Crippen LogP contribution in [0, 0.1) is 0 Å². The van der Waals surface area contributed by atoms with Gasteiger partial charge in [-0.05, 0) is 74.9 Å². The van der Waals surface area contributed by atoms with Crippen molar-refractivity contribution in [2.75, 3.05) is 55.9 Å². The van der Waals surface area contributed by atoms with Gasteiger partial charge in [-0.1, -0.05) is 12.1 Å². The van der Waals surface area contributed by atoms with Crippen molar-refractivity contribution < 1.29 is 23.8 Å². The van der Waals surface area contributed by atoms with Crippen LogP contribution in [0.4, 0.5) is 16.2 Å². The number of anilines is 2. The Labute approximate surface area is 234 Å². The number of piperazine rings is 1. The van der Waals surface area contributed by atoms with E-state index in [1.165, 1.54) is 20.7 Å². The van der Waals surface area contributed by atoms with E-state index in [0.29, 0.717) is 19.4 Å². The van der Waals surface area contributed by atoms with E-state index in [4.69, 9.17) is 14.2 Å². The molecule has 1 fully saturated rings. The first-order valence-electron chi connectivity index (χ1n) is 13.8. The van der Waals surface area contributed by atoms with Crippen molar-refractivity contribution in [3.8, 4) is 5.75 Å². The first kappa shape index (κ1) is 27.3. The summed E-state index contributed by atoms with van der Waals surface area (Å²) in [4.78, 5) is 30.9. The number of hydrogen-bond donors (Lipinski definition) is 0. The van der Waals surface area contributed by atoms with E-state index in [0.717, 1.165) is 62.6 Å². The Morgan fingerprint density at radius 2 is 1.85 bits per heavy atom. The lowest BCUT2D eigenvalue weighted by Gasteiger charge is -2.36. The zero-order chi connectivity index (χ0) is 27.2. The highest BCUT2D eigenvalue weighted by molar-refractivity contribution is 7.17. The fourth-order valence-corrected chi connectivity index (χ4v) is 5.99. The fraction of sp³-hybridized carbons (Fsp3) is 0.467. The molecule has 5 rings (SSSR count). The molecule has 0 N–H and O–H groups in total. The first-order valence-corrected chi connectivity index (χ1v) is 14.7. The monoisotopic (exact) mass is 551 g/mol. The largest absolute Gasteiger partial charge is 0.510 e. The molecule has 3 heterocycles. The van der Waals surface area contributed by atoms with Crippen LogP contribution in [-0.4, -0.2) is 69.1 Å². The third-order valence-corrected chi connectivity index (χ3v) is 8.11. The van der Waals surface area contributed by atoms with Crippen molar-refractivity contribution in [1.82, 2.24) is 4.90 Å². The smallest absolute Gasteiger partial charge is 0.494 e. The number of ether oxygens (including phenoxy) is 3. The number of carbonyl (C=O) groups is 2. The predicted octanol–water partition coefficient (Wildman–Crippen LogP) is 5.68. The lowest BCUT2D eigenvalue weighted by molar-refractivity contribution is -0.119. The summed E-state index contributed by atoms with van der Waals surface area (Å²) in [5, 5.41) is 3.54. The van der Waals surface area contributed by atoms with Crippen LogP contribution in [0.1, 0.15) is 38.7 Å². The van der Waals surface area contributed by atoms with E-state index >= 15 is 0 Å². The summed E-state index contributed by atoms with van der Waals surface area (Å²) >= 11 is 1.80. The fourth-order valence-electron chi connectivity index (χ4n) is 5.19. The Morgan fingerprint density at radius 3 is 2.67 bits per heavy atom. The van der Waals surface area contributed by atoms with Gasteiger partial charge in [0.15, 0.2) is 6.73 Å². The van der Waals surface area contributed by atoms with Crippen LogP contribution in [0.5, 0.6) is 5.75 Å². The molecular formula is C30H37N3O5S. The average Bonchev–Trinajstić information content (AvgIpc) is 3.41. The van der Waals surface area contributed by atoms with E-state index < -0.39 is 6.16 Å². The maximum absolute atomic E-state index is 12.5. The molecule has 3 aromatic rings. The predicted molar refractivity (Wildman–Crippen MR) is 155 cm³/mol. The molecule has 2 aliphatic rings. The van der Waals surface area contributed by atoms with E-state index in [9.17, 15) is 9.59 Å². The average molecular weight is 552 g/mol. The molecule has 9 heteroatoms. The molecule has 2 aromatic carbocycles. The van der Waals surface area contributed by atoms with Crippen LogP contribution in [0.3, 0.4) is 0 Å². The van der Waals surface area contributed by atoms with Crippen molar-refractivity contribution in [3.63, 3.8) is 0 Å². The highest BCUT2D eigenvalue weighted by atomic mass is 32.1. The van der Waals surface area contributed by atoms with E-state index in [1.807, 2.05) is 18.2 Å². The zero-order valence-corrected chi connectivity index (χ0v) is 23.6. The Hall–Kier alpha value is -3.30. The molecule has 0 saturated carbocycles. The minimum absolute atomic E-state index is 0.0795. The molecule has 0 aliphatic carbocycles. The van der Waals surface area contributed by atoms with Crippen molar-refractivity contribution in [2.45, 2.75) is 45.6 Å². The minimum atomic E-state index is -0.779. The number of carbonyl (C=O) groups excluding carboxylic acids is 2. The van der Waals surface area contributed by atoms with E-state index in [-0.39, 0.29) is 18.7 Å². The number of unbranched alkanes of at least 4 members (excludes halogenated alkanes) is 1. The number of hydrogen-bond acceptors (Lipinski definition) is 8. The number of thiophene rings is 1. The lowest BCUT2D eigenvalue weighted by Crippen LogP contribution is -2.46. The highest BCUT2D eigenvalue weighted by Gasteiger charge is 2.26. The zero-order valence-electron chi connectivity index (χ0n) is 22.8. The summed E-state index contributed by atoms with van der Waals surface area (Å²) < 4.78 is 17.6. The summed E-state index contributed by atoms with van der Waals surface area (Å²) in [5.41, 5.74) is 3.13. The van der Waals surface area contributed by atoms with Gasteiger partial charge >= 0.3 is 6.16 Å². The van der Waals surface area contributed by atoms with Gasteiger partial charge in [-0.15, -0.1) is 11.3 Å². The van der Waals surface area contributed by atoms with Gasteiger partial charge in [0.1, 0.15) is 5.75 Å². The molecule has 0 spiro atoms. The second-order valence-corrected chi connectivity index (χ2v) is 11.2. The van der Waals surface area contributed by atoms with Crippen LogP contribution < -0.4 is 14.5 Å². The Balaban J connectivity index is 1.05. The molecule has 1 amide bonds. The molecule has 39 heavy (non-hydrogen) atoms. The normalized spacial score (nSPS) is 16.0. The molecule has 0 atom stereocenters. The quantitative estimate of drug-likeness (QED) is 0.237. The van der Waals surface area contributed by atoms with Gasteiger partial charge in [-0.2, -0.15) is 0 Å². The van der Waals surface area contributed by atoms with Crippen LogP contribution in [0.15, 0.2) is 47.8 Å². The topological polar surface area (TPSA) is 71.5 Å². The van der Waals surface area contributed by atoms with E-state index in [2.05, 4.69) is 39.4 Å². The molecule has 208 valence electrons. The standard InChI is InChI=1S/C30H37N3O5S/c1-22(2)38-30(35)37-21-33-27-20-24(10-8-23(27)9-11-29(33)34)36-18-4-3-13-31-14-16-32(17-15-31)26-6-5-7-28-25(26)12-19-39-28/h5-8,10,12,19-20,22H,3-4,9,11,13-18,21H2,1-2H3. The van der Waals surface area contributed by atoms with Crippen LogP contribution in [0.2, 0.25) is 0 Å².